The molecule has 2 saturated heterocycles. The highest BCUT2D eigenvalue weighted by Crippen LogP contribution is 2.10. The summed E-state index contributed by atoms with van der Waals surface area (Å²) in [7, 11) is 0. The molecule has 0 spiro atoms. The number of epoxide rings is 2. The van der Waals surface area contributed by atoms with Gasteiger partial charge in [0.1, 0.15) is 12.2 Å². The lowest BCUT2D eigenvalue weighted by molar-refractivity contribution is -0.128. The van der Waals surface area contributed by atoms with Crippen LogP contribution >= 0.6 is 0 Å². The number of hydrogen-bond donors (Lipinski definition) is 2. The Morgan fingerprint density at radius 1 is 1.00 bits per heavy atom. The Morgan fingerprint density at radius 2 is 1.33 bits per heavy atom. The third-order valence-corrected chi connectivity index (χ3v) is 2.54. The Balaban J connectivity index is 1.73. The lowest BCUT2D eigenvalue weighted by Gasteiger charge is -2.14. The standard InChI is InChI=1S/C10H16N4O4/c11-13(3-7-5-17-7)9(15)1-2-10(16)14(12)4-8-6-18-8/h1-2,7-8H,3-6,11-12H2/b2-1-. The summed E-state index contributed by atoms with van der Waals surface area (Å²) in [5, 5.41) is 2.01. The van der Waals surface area contributed by atoms with Crippen LogP contribution in [0.15, 0.2) is 12.2 Å². The smallest absolute Gasteiger partial charge is 0.260 e. The predicted octanol–water partition coefficient (Wildman–Crippen LogP) is -2.26. The summed E-state index contributed by atoms with van der Waals surface area (Å²) in [6.07, 6.45) is 2.22. The first-order valence-corrected chi connectivity index (χ1v) is 5.60. The number of hydrogen-bond acceptors (Lipinski definition) is 6. The second kappa shape index (κ2) is 5.44. The van der Waals surface area contributed by atoms with Gasteiger partial charge in [-0.15, -0.1) is 0 Å². The van der Waals surface area contributed by atoms with Gasteiger partial charge in [-0.2, -0.15) is 0 Å². The Kier molecular flexibility index (Phi) is 3.92. The molecular weight excluding hydrogens is 240 g/mol. The molecule has 0 radical (unpaired) electrons. The fraction of sp³-hybridized carbons (Fsp3) is 0.600. The Hall–Kier alpha value is -1.48. The highest BCUT2D eigenvalue weighted by atomic mass is 16.6. The summed E-state index contributed by atoms with van der Waals surface area (Å²) in [6.45, 7) is 1.86. The van der Waals surface area contributed by atoms with Crippen LogP contribution in [0, 0.1) is 0 Å². The molecule has 0 bridgehead atoms. The van der Waals surface area contributed by atoms with Gasteiger partial charge in [-0.25, -0.2) is 11.7 Å². The maximum atomic E-state index is 11.5. The van der Waals surface area contributed by atoms with Gasteiger partial charge in [0.2, 0.25) is 0 Å². The molecule has 2 atom stereocenters. The zero-order valence-corrected chi connectivity index (χ0v) is 9.82. The monoisotopic (exact) mass is 256 g/mol. The molecule has 2 heterocycles. The SMILES string of the molecule is NN(CC1CO1)C(=O)/C=C\C(=O)N(N)CC1CO1. The molecule has 0 saturated carbocycles. The molecule has 2 aliphatic rings. The molecule has 100 valence electrons. The minimum absolute atomic E-state index is 0.0149. The summed E-state index contributed by atoms with van der Waals surface area (Å²) in [6, 6.07) is 0. The van der Waals surface area contributed by atoms with Crippen LogP contribution in [0.25, 0.3) is 0 Å². The van der Waals surface area contributed by atoms with Gasteiger partial charge in [0.25, 0.3) is 11.8 Å². The van der Waals surface area contributed by atoms with Crippen molar-refractivity contribution in [2.75, 3.05) is 26.3 Å². The molecule has 0 aromatic heterocycles. The fourth-order valence-electron chi connectivity index (χ4n) is 1.30. The maximum Gasteiger partial charge on any atom is 0.260 e. The number of nitrogens with zero attached hydrogens (tertiary/aromatic N) is 2. The predicted molar refractivity (Wildman–Crippen MR) is 60.4 cm³/mol. The summed E-state index contributed by atoms with van der Waals surface area (Å²) >= 11 is 0. The minimum Gasteiger partial charge on any atom is -0.371 e. The molecule has 2 rings (SSSR count). The van der Waals surface area contributed by atoms with Crippen LogP contribution in [0.2, 0.25) is 0 Å². The Labute approximate surface area is 104 Å². The number of ether oxygens (including phenoxy) is 2. The molecule has 4 N–H and O–H groups in total. The molecule has 2 aliphatic heterocycles. The van der Waals surface area contributed by atoms with E-state index in [1.807, 2.05) is 0 Å². The fourth-order valence-corrected chi connectivity index (χ4v) is 1.30. The van der Waals surface area contributed by atoms with E-state index in [1.54, 1.807) is 0 Å². The number of carbonyl (C=O) groups excluding carboxylic acids is 2. The van der Waals surface area contributed by atoms with E-state index in [1.165, 1.54) is 0 Å². The van der Waals surface area contributed by atoms with Crippen molar-refractivity contribution in [1.29, 1.82) is 0 Å². The number of hydrazine groups is 2. The lowest BCUT2D eigenvalue weighted by atomic mass is 10.4. The van der Waals surface area contributed by atoms with E-state index in [4.69, 9.17) is 21.2 Å². The highest BCUT2D eigenvalue weighted by molar-refractivity contribution is 5.96. The molecule has 0 aromatic carbocycles. The maximum absolute atomic E-state index is 11.5. The Bertz CT molecular complexity index is 331. The van der Waals surface area contributed by atoms with Crippen molar-refractivity contribution in [3.05, 3.63) is 12.2 Å². The van der Waals surface area contributed by atoms with E-state index >= 15 is 0 Å². The number of nitrogens with two attached hydrogens (primary N) is 2. The molecule has 18 heavy (non-hydrogen) atoms. The number of amides is 2. The number of rotatable bonds is 6. The number of carbonyl (C=O) groups is 2. The van der Waals surface area contributed by atoms with Gasteiger partial charge < -0.3 is 9.47 Å². The van der Waals surface area contributed by atoms with Gasteiger partial charge in [0.05, 0.1) is 26.3 Å². The first-order chi connectivity index (χ1) is 8.56. The zero-order valence-electron chi connectivity index (χ0n) is 9.82. The molecule has 2 amide bonds. The van der Waals surface area contributed by atoms with Gasteiger partial charge in [0, 0.05) is 12.2 Å². The molecule has 2 fully saturated rings. The van der Waals surface area contributed by atoms with Crippen molar-refractivity contribution in [2.24, 2.45) is 11.7 Å². The minimum atomic E-state index is -0.463. The van der Waals surface area contributed by atoms with Crippen LogP contribution in [0.3, 0.4) is 0 Å². The van der Waals surface area contributed by atoms with Crippen molar-refractivity contribution in [3.8, 4) is 0 Å². The summed E-state index contributed by atoms with van der Waals surface area (Å²) < 4.78 is 9.87. The third-order valence-electron chi connectivity index (χ3n) is 2.54. The van der Waals surface area contributed by atoms with Crippen LogP contribution in [0.5, 0.6) is 0 Å². The molecule has 2 unspecified atom stereocenters. The van der Waals surface area contributed by atoms with Crippen molar-refractivity contribution in [2.45, 2.75) is 12.2 Å². The van der Waals surface area contributed by atoms with Gasteiger partial charge in [-0.1, -0.05) is 0 Å². The van der Waals surface area contributed by atoms with E-state index in [0.29, 0.717) is 26.3 Å². The lowest BCUT2D eigenvalue weighted by Crippen LogP contribution is -2.41. The molecule has 0 aliphatic carbocycles. The van der Waals surface area contributed by atoms with Gasteiger partial charge in [-0.3, -0.25) is 19.6 Å². The first kappa shape index (κ1) is 13.0. The van der Waals surface area contributed by atoms with Crippen LogP contribution in [0.4, 0.5) is 0 Å². The van der Waals surface area contributed by atoms with Crippen molar-refractivity contribution >= 4 is 11.8 Å². The van der Waals surface area contributed by atoms with E-state index < -0.39 is 11.8 Å². The van der Waals surface area contributed by atoms with E-state index in [-0.39, 0.29) is 12.2 Å². The van der Waals surface area contributed by atoms with Crippen LogP contribution < -0.4 is 11.7 Å². The van der Waals surface area contributed by atoms with Crippen molar-refractivity contribution in [3.63, 3.8) is 0 Å². The summed E-state index contributed by atoms with van der Waals surface area (Å²) in [5.74, 6) is 10.0. The van der Waals surface area contributed by atoms with Gasteiger partial charge in [-0.05, 0) is 0 Å². The normalized spacial score (nSPS) is 25.0. The van der Waals surface area contributed by atoms with E-state index in [9.17, 15) is 9.59 Å². The van der Waals surface area contributed by atoms with Crippen molar-refractivity contribution < 1.29 is 19.1 Å². The third kappa shape index (κ3) is 4.08. The summed E-state index contributed by atoms with van der Waals surface area (Å²) in [4.78, 5) is 23.0. The molecule has 8 heteroatoms. The van der Waals surface area contributed by atoms with E-state index in [2.05, 4.69) is 0 Å². The van der Waals surface area contributed by atoms with E-state index in [0.717, 1.165) is 22.2 Å². The van der Waals surface area contributed by atoms with Crippen molar-refractivity contribution in [1.82, 2.24) is 10.0 Å². The highest BCUT2D eigenvalue weighted by Gasteiger charge is 2.27. The van der Waals surface area contributed by atoms with Crippen LogP contribution in [0.1, 0.15) is 0 Å². The largest absolute Gasteiger partial charge is 0.371 e. The molecule has 0 aromatic rings. The zero-order chi connectivity index (χ0) is 13.1. The van der Waals surface area contributed by atoms with Gasteiger partial charge >= 0.3 is 0 Å². The molecular formula is C10H16N4O4. The van der Waals surface area contributed by atoms with Crippen LogP contribution in [-0.4, -0.2) is 60.3 Å². The second-order valence-electron chi connectivity index (χ2n) is 4.23. The average Bonchev–Trinajstić information content (AvgIpc) is 3.20. The topological polar surface area (TPSA) is 118 Å². The summed E-state index contributed by atoms with van der Waals surface area (Å²) in [5.41, 5.74) is 0. The Morgan fingerprint density at radius 3 is 1.61 bits per heavy atom. The average molecular weight is 256 g/mol. The molecule has 8 nitrogen and oxygen atoms in total. The van der Waals surface area contributed by atoms with Crippen LogP contribution in [-0.2, 0) is 19.1 Å². The first-order valence-electron chi connectivity index (χ1n) is 5.60. The second-order valence-corrected chi connectivity index (χ2v) is 4.23. The quantitative estimate of drug-likeness (QED) is 0.182. The van der Waals surface area contributed by atoms with Gasteiger partial charge in [0.15, 0.2) is 0 Å².